The first-order valence-corrected chi connectivity index (χ1v) is 5.94. The number of aromatic nitrogens is 5. The molecule has 0 bridgehead atoms. The van der Waals surface area contributed by atoms with E-state index in [1.165, 1.54) is 11.1 Å². The second-order valence-electron chi connectivity index (χ2n) is 4.51. The van der Waals surface area contributed by atoms with Crippen LogP contribution in [0.1, 0.15) is 11.1 Å². The van der Waals surface area contributed by atoms with Crippen LogP contribution in [0.25, 0.3) is 22.5 Å². The molecular weight excluding hydrogens is 240 g/mol. The summed E-state index contributed by atoms with van der Waals surface area (Å²) in [6.07, 6.45) is 1.64. The Balaban J connectivity index is 2.19. The van der Waals surface area contributed by atoms with E-state index < -0.39 is 0 Å². The zero-order chi connectivity index (χ0) is 13.4. The van der Waals surface area contributed by atoms with Gasteiger partial charge in [-0.25, -0.2) is 0 Å². The highest BCUT2D eigenvalue weighted by molar-refractivity contribution is 5.86. The summed E-state index contributed by atoms with van der Waals surface area (Å²) in [5, 5.41) is 17.4. The maximum atomic E-state index is 5.97. The Labute approximate surface area is 110 Å². The van der Waals surface area contributed by atoms with E-state index in [1.807, 2.05) is 6.07 Å². The van der Waals surface area contributed by atoms with Crippen molar-refractivity contribution in [3.63, 3.8) is 0 Å². The molecule has 6 heteroatoms. The van der Waals surface area contributed by atoms with Crippen molar-refractivity contribution in [1.29, 1.82) is 0 Å². The van der Waals surface area contributed by atoms with E-state index in [0.717, 1.165) is 16.8 Å². The number of nitrogens with two attached hydrogens (primary N) is 1. The maximum absolute atomic E-state index is 5.97. The smallest absolute Gasteiger partial charge is 0.153 e. The minimum absolute atomic E-state index is 0.459. The van der Waals surface area contributed by atoms with Crippen LogP contribution < -0.4 is 5.73 Å². The van der Waals surface area contributed by atoms with Gasteiger partial charge in [0.2, 0.25) is 0 Å². The molecule has 0 aliphatic carbocycles. The van der Waals surface area contributed by atoms with Crippen LogP contribution in [-0.2, 0) is 0 Å². The number of aryl methyl sites for hydroxylation is 2. The van der Waals surface area contributed by atoms with Gasteiger partial charge in [0.15, 0.2) is 5.82 Å². The average Bonchev–Trinajstić information content (AvgIpc) is 3.01. The number of aromatic amines is 2. The molecule has 96 valence electrons. The van der Waals surface area contributed by atoms with Crippen molar-refractivity contribution in [2.24, 2.45) is 0 Å². The fraction of sp³-hybridized carbons (Fsp3) is 0.154. The van der Waals surface area contributed by atoms with Crippen LogP contribution in [0.2, 0.25) is 0 Å². The molecule has 4 N–H and O–H groups in total. The minimum atomic E-state index is 0.459. The third-order valence-electron chi connectivity index (χ3n) is 3.26. The first-order valence-electron chi connectivity index (χ1n) is 5.94. The molecule has 0 atom stereocenters. The number of rotatable bonds is 2. The van der Waals surface area contributed by atoms with Crippen LogP contribution >= 0.6 is 0 Å². The monoisotopic (exact) mass is 254 g/mol. The van der Waals surface area contributed by atoms with E-state index in [9.17, 15) is 0 Å². The highest BCUT2D eigenvalue weighted by atomic mass is 15.3. The third kappa shape index (κ3) is 1.87. The van der Waals surface area contributed by atoms with Crippen LogP contribution in [0, 0.1) is 13.8 Å². The predicted octanol–water partition coefficient (Wildman–Crippen LogP) is 2.06. The molecule has 0 saturated heterocycles. The standard InChI is InChI=1S/C13H14N6/c1-7-3-4-9(5-8(7)2)11-12(17-18-13(11)14)10-6-15-19-16-10/h3-6H,1-2H3,(H3,14,17,18)(H,15,16,19). The topological polar surface area (TPSA) is 96.3 Å². The number of nitrogens with one attached hydrogen (secondary N) is 2. The SMILES string of the molecule is Cc1ccc(-c2c(N)n[nH]c2-c2cn[nH]n2)cc1C. The molecule has 19 heavy (non-hydrogen) atoms. The van der Waals surface area contributed by atoms with Gasteiger partial charge in [-0.05, 0) is 30.5 Å². The zero-order valence-corrected chi connectivity index (χ0v) is 10.7. The Morgan fingerprint density at radius 2 is 1.95 bits per heavy atom. The number of hydrogen-bond acceptors (Lipinski definition) is 4. The third-order valence-corrected chi connectivity index (χ3v) is 3.26. The highest BCUT2D eigenvalue weighted by Gasteiger charge is 2.16. The molecule has 3 rings (SSSR count). The van der Waals surface area contributed by atoms with Gasteiger partial charge in [0.1, 0.15) is 5.69 Å². The molecule has 0 saturated carbocycles. The summed E-state index contributed by atoms with van der Waals surface area (Å²) in [7, 11) is 0. The summed E-state index contributed by atoms with van der Waals surface area (Å²) < 4.78 is 0. The Morgan fingerprint density at radius 3 is 2.63 bits per heavy atom. The molecular formula is C13H14N6. The summed E-state index contributed by atoms with van der Waals surface area (Å²) >= 11 is 0. The molecule has 0 radical (unpaired) electrons. The molecule has 0 unspecified atom stereocenters. The molecule has 2 aromatic heterocycles. The average molecular weight is 254 g/mol. The molecule has 0 fully saturated rings. The fourth-order valence-corrected chi connectivity index (χ4v) is 2.05. The van der Waals surface area contributed by atoms with Gasteiger partial charge in [-0.3, -0.25) is 5.10 Å². The minimum Gasteiger partial charge on any atom is -0.382 e. The van der Waals surface area contributed by atoms with Crippen molar-refractivity contribution in [1.82, 2.24) is 25.6 Å². The van der Waals surface area contributed by atoms with Crippen molar-refractivity contribution in [3.05, 3.63) is 35.5 Å². The van der Waals surface area contributed by atoms with Crippen LogP contribution in [0.4, 0.5) is 5.82 Å². The Morgan fingerprint density at radius 1 is 1.11 bits per heavy atom. The van der Waals surface area contributed by atoms with Crippen molar-refractivity contribution in [3.8, 4) is 22.5 Å². The largest absolute Gasteiger partial charge is 0.382 e. The Hall–Kier alpha value is -2.63. The van der Waals surface area contributed by atoms with Gasteiger partial charge < -0.3 is 5.73 Å². The van der Waals surface area contributed by atoms with E-state index in [2.05, 4.69) is 51.6 Å². The van der Waals surface area contributed by atoms with Crippen LogP contribution in [0.3, 0.4) is 0 Å². The summed E-state index contributed by atoms with van der Waals surface area (Å²) in [6, 6.07) is 6.21. The second-order valence-corrected chi connectivity index (χ2v) is 4.51. The maximum Gasteiger partial charge on any atom is 0.153 e. The van der Waals surface area contributed by atoms with Gasteiger partial charge in [-0.15, -0.1) is 0 Å². The number of hydrogen-bond donors (Lipinski definition) is 3. The number of benzene rings is 1. The lowest BCUT2D eigenvalue weighted by Gasteiger charge is -2.06. The van der Waals surface area contributed by atoms with Crippen molar-refractivity contribution >= 4 is 5.82 Å². The van der Waals surface area contributed by atoms with Gasteiger partial charge in [0, 0.05) is 0 Å². The van der Waals surface area contributed by atoms with Crippen molar-refractivity contribution < 1.29 is 0 Å². The van der Waals surface area contributed by atoms with Crippen molar-refractivity contribution in [2.75, 3.05) is 5.73 Å². The number of H-pyrrole nitrogens is 2. The number of nitrogen functional groups attached to an aromatic ring is 1. The lowest BCUT2D eigenvalue weighted by atomic mass is 9.99. The van der Waals surface area contributed by atoms with E-state index >= 15 is 0 Å². The van der Waals surface area contributed by atoms with Gasteiger partial charge in [-0.1, -0.05) is 18.2 Å². The van der Waals surface area contributed by atoms with Crippen LogP contribution in [-0.4, -0.2) is 25.6 Å². The van der Waals surface area contributed by atoms with E-state index in [-0.39, 0.29) is 0 Å². The molecule has 6 nitrogen and oxygen atoms in total. The van der Waals surface area contributed by atoms with Crippen molar-refractivity contribution in [2.45, 2.75) is 13.8 Å². The normalized spacial score (nSPS) is 10.8. The molecule has 1 aromatic carbocycles. The van der Waals surface area contributed by atoms with E-state index in [0.29, 0.717) is 11.5 Å². The van der Waals surface area contributed by atoms with Gasteiger partial charge in [0.05, 0.1) is 17.5 Å². The quantitative estimate of drug-likeness (QED) is 0.652. The van der Waals surface area contributed by atoms with Gasteiger partial charge in [0.25, 0.3) is 0 Å². The molecule has 3 aromatic rings. The summed E-state index contributed by atoms with van der Waals surface area (Å²) in [4.78, 5) is 0. The van der Waals surface area contributed by atoms with Crippen LogP contribution in [0.15, 0.2) is 24.4 Å². The first kappa shape index (κ1) is 11.5. The lowest BCUT2D eigenvalue weighted by molar-refractivity contribution is 0.940. The number of nitrogens with zero attached hydrogens (tertiary/aromatic N) is 3. The predicted molar refractivity (Wildman–Crippen MR) is 73.3 cm³/mol. The zero-order valence-electron chi connectivity index (χ0n) is 10.7. The van der Waals surface area contributed by atoms with Crippen LogP contribution in [0.5, 0.6) is 0 Å². The number of anilines is 1. The summed E-state index contributed by atoms with van der Waals surface area (Å²) in [6.45, 7) is 4.15. The fourth-order valence-electron chi connectivity index (χ4n) is 2.05. The molecule has 0 aliphatic heterocycles. The molecule has 2 heterocycles. The molecule has 0 spiro atoms. The van der Waals surface area contributed by atoms with Gasteiger partial charge in [-0.2, -0.15) is 20.5 Å². The Bertz CT molecular complexity index is 711. The Kier molecular flexibility index (Phi) is 2.56. The van der Waals surface area contributed by atoms with E-state index in [4.69, 9.17) is 5.73 Å². The summed E-state index contributed by atoms with van der Waals surface area (Å²) in [5.41, 5.74) is 11.8. The molecule has 0 amide bonds. The first-order chi connectivity index (χ1) is 9.16. The lowest BCUT2D eigenvalue weighted by Crippen LogP contribution is -1.90. The highest BCUT2D eigenvalue weighted by Crippen LogP contribution is 2.34. The van der Waals surface area contributed by atoms with Gasteiger partial charge >= 0.3 is 0 Å². The second kappa shape index (κ2) is 4.24. The molecule has 0 aliphatic rings. The summed E-state index contributed by atoms with van der Waals surface area (Å²) in [5.74, 6) is 0.459. The van der Waals surface area contributed by atoms with E-state index in [1.54, 1.807) is 6.20 Å².